The van der Waals surface area contributed by atoms with Crippen molar-refractivity contribution in [2.75, 3.05) is 6.54 Å². The van der Waals surface area contributed by atoms with E-state index in [0.29, 0.717) is 0 Å². The number of nitrogens with one attached hydrogen (secondary N) is 1. The molecule has 0 spiro atoms. The molecular formula is C10H16N2S. The fraction of sp³-hybridized carbons (Fsp3) is 0.700. The lowest BCUT2D eigenvalue weighted by molar-refractivity contribution is 0.621. The monoisotopic (exact) mass is 196 g/mol. The van der Waals surface area contributed by atoms with Crippen molar-refractivity contribution in [3.05, 3.63) is 16.6 Å². The van der Waals surface area contributed by atoms with E-state index in [-0.39, 0.29) is 0 Å². The number of aromatic nitrogens is 1. The normalized spacial score (nSPS) is 16.3. The molecule has 1 aliphatic carbocycles. The lowest BCUT2D eigenvalue weighted by Crippen LogP contribution is -2.17. The SMILES string of the molecule is c1ncc(CCCCNC2CC2)s1. The highest BCUT2D eigenvalue weighted by Gasteiger charge is 2.19. The summed E-state index contributed by atoms with van der Waals surface area (Å²) in [5, 5.41) is 3.52. The van der Waals surface area contributed by atoms with Gasteiger partial charge in [0.1, 0.15) is 0 Å². The molecule has 2 nitrogen and oxygen atoms in total. The smallest absolute Gasteiger partial charge is 0.0794 e. The van der Waals surface area contributed by atoms with Gasteiger partial charge < -0.3 is 5.32 Å². The van der Waals surface area contributed by atoms with Gasteiger partial charge in [0.05, 0.1) is 5.51 Å². The standard InChI is InChI=1S/C10H16N2S/c1(2-6-12-9-4-5-9)3-10-7-11-8-13-10/h7-9,12H,1-6H2. The first-order chi connectivity index (χ1) is 6.45. The van der Waals surface area contributed by atoms with Crippen molar-refractivity contribution in [2.24, 2.45) is 0 Å². The summed E-state index contributed by atoms with van der Waals surface area (Å²) in [5.74, 6) is 0. The third kappa shape index (κ3) is 3.44. The first kappa shape index (κ1) is 9.16. The largest absolute Gasteiger partial charge is 0.314 e. The van der Waals surface area contributed by atoms with E-state index in [9.17, 15) is 0 Å². The molecule has 0 bridgehead atoms. The van der Waals surface area contributed by atoms with Crippen molar-refractivity contribution in [1.29, 1.82) is 0 Å². The Morgan fingerprint density at radius 1 is 1.46 bits per heavy atom. The molecule has 0 amide bonds. The molecule has 72 valence electrons. The van der Waals surface area contributed by atoms with Gasteiger partial charge >= 0.3 is 0 Å². The zero-order valence-corrected chi connectivity index (χ0v) is 8.65. The van der Waals surface area contributed by atoms with Crippen LogP contribution in [0.3, 0.4) is 0 Å². The van der Waals surface area contributed by atoms with Gasteiger partial charge in [0, 0.05) is 17.1 Å². The second-order valence-corrected chi connectivity index (χ2v) is 4.62. The van der Waals surface area contributed by atoms with E-state index < -0.39 is 0 Å². The Morgan fingerprint density at radius 2 is 2.38 bits per heavy atom. The Balaban J connectivity index is 1.48. The van der Waals surface area contributed by atoms with Crippen LogP contribution in [0.1, 0.15) is 30.6 Å². The van der Waals surface area contributed by atoms with E-state index in [1.54, 1.807) is 11.3 Å². The van der Waals surface area contributed by atoms with Crippen molar-refractivity contribution in [3.8, 4) is 0 Å². The van der Waals surface area contributed by atoms with Crippen molar-refractivity contribution in [2.45, 2.75) is 38.1 Å². The number of nitrogens with zero attached hydrogens (tertiary/aromatic N) is 1. The molecule has 0 atom stereocenters. The lowest BCUT2D eigenvalue weighted by atomic mass is 10.2. The Bertz CT molecular complexity index is 229. The topological polar surface area (TPSA) is 24.9 Å². The average Bonchev–Trinajstić information content (AvgIpc) is 2.81. The van der Waals surface area contributed by atoms with Crippen molar-refractivity contribution >= 4 is 11.3 Å². The highest BCUT2D eigenvalue weighted by Crippen LogP contribution is 2.18. The molecule has 1 N–H and O–H groups in total. The molecule has 1 aromatic heterocycles. The predicted octanol–water partition coefficient (Wildman–Crippen LogP) is 2.22. The first-order valence-corrected chi connectivity index (χ1v) is 5.94. The molecule has 13 heavy (non-hydrogen) atoms. The Labute approximate surface area is 83.4 Å². The molecule has 0 radical (unpaired) electrons. The van der Waals surface area contributed by atoms with Crippen LogP contribution in [-0.4, -0.2) is 17.6 Å². The highest BCUT2D eigenvalue weighted by molar-refractivity contribution is 7.09. The molecule has 1 fully saturated rings. The fourth-order valence-electron chi connectivity index (χ4n) is 1.38. The van der Waals surface area contributed by atoms with Gasteiger partial charge in [-0.15, -0.1) is 11.3 Å². The zero-order valence-electron chi connectivity index (χ0n) is 7.83. The number of hydrogen-bond acceptors (Lipinski definition) is 3. The van der Waals surface area contributed by atoms with Gasteiger partial charge in [0.2, 0.25) is 0 Å². The highest BCUT2D eigenvalue weighted by atomic mass is 32.1. The molecule has 0 saturated heterocycles. The quantitative estimate of drug-likeness (QED) is 0.706. The summed E-state index contributed by atoms with van der Waals surface area (Å²) >= 11 is 1.77. The predicted molar refractivity (Wildman–Crippen MR) is 56.1 cm³/mol. The van der Waals surface area contributed by atoms with Gasteiger partial charge in [-0.25, -0.2) is 0 Å². The van der Waals surface area contributed by atoms with Gasteiger partial charge in [0.15, 0.2) is 0 Å². The lowest BCUT2D eigenvalue weighted by Gasteiger charge is -2.00. The summed E-state index contributed by atoms with van der Waals surface area (Å²) in [6, 6.07) is 0.864. The number of rotatable bonds is 6. The summed E-state index contributed by atoms with van der Waals surface area (Å²) in [6.07, 6.45) is 8.58. The van der Waals surface area contributed by atoms with Crippen LogP contribution in [0.2, 0.25) is 0 Å². The Hall–Kier alpha value is -0.410. The number of aryl methyl sites for hydroxylation is 1. The third-order valence-electron chi connectivity index (χ3n) is 2.34. The van der Waals surface area contributed by atoms with Crippen molar-refractivity contribution < 1.29 is 0 Å². The maximum Gasteiger partial charge on any atom is 0.0794 e. The van der Waals surface area contributed by atoms with Gasteiger partial charge in [-0.2, -0.15) is 0 Å². The molecular weight excluding hydrogens is 180 g/mol. The molecule has 3 heteroatoms. The Morgan fingerprint density at radius 3 is 3.08 bits per heavy atom. The van der Waals surface area contributed by atoms with E-state index in [4.69, 9.17) is 0 Å². The van der Waals surface area contributed by atoms with E-state index in [1.807, 2.05) is 11.7 Å². The van der Waals surface area contributed by atoms with Crippen LogP contribution in [0.5, 0.6) is 0 Å². The summed E-state index contributed by atoms with van der Waals surface area (Å²) in [7, 11) is 0. The van der Waals surface area contributed by atoms with Crippen LogP contribution in [0.4, 0.5) is 0 Å². The summed E-state index contributed by atoms with van der Waals surface area (Å²) in [6.45, 7) is 1.20. The van der Waals surface area contributed by atoms with Gasteiger partial charge in [-0.1, -0.05) is 0 Å². The van der Waals surface area contributed by atoms with E-state index in [2.05, 4.69) is 10.3 Å². The van der Waals surface area contributed by atoms with Gasteiger partial charge in [-0.3, -0.25) is 4.98 Å². The second kappa shape index (κ2) is 4.72. The third-order valence-corrected chi connectivity index (χ3v) is 3.18. The summed E-state index contributed by atoms with van der Waals surface area (Å²) < 4.78 is 0. The molecule has 0 unspecified atom stereocenters. The van der Waals surface area contributed by atoms with Crippen molar-refractivity contribution in [1.82, 2.24) is 10.3 Å². The van der Waals surface area contributed by atoms with Crippen LogP contribution in [0, 0.1) is 0 Å². The molecule has 1 saturated carbocycles. The number of hydrogen-bond donors (Lipinski definition) is 1. The van der Waals surface area contributed by atoms with Gasteiger partial charge in [-0.05, 0) is 38.6 Å². The van der Waals surface area contributed by atoms with Crippen LogP contribution < -0.4 is 5.32 Å². The van der Waals surface area contributed by atoms with E-state index in [1.165, 1.54) is 43.5 Å². The van der Waals surface area contributed by atoms with Crippen molar-refractivity contribution in [3.63, 3.8) is 0 Å². The minimum Gasteiger partial charge on any atom is -0.314 e. The van der Waals surface area contributed by atoms with Crippen LogP contribution in [-0.2, 0) is 6.42 Å². The van der Waals surface area contributed by atoms with Crippen LogP contribution >= 0.6 is 11.3 Å². The Kier molecular flexibility index (Phi) is 3.33. The second-order valence-electron chi connectivity index (χ2n) is 3.65. The number of unbranched alkanes of at least 4 members (excludes halogenated alkanes) is 1. The average molecular weight is 196 g/mol. The number of thiazole rings is 1. The summed E-state index contributed by atoms with van der Waals surface area (Å²) in [5.41, 5.74) is 1.91. The maximum atomic E-state index is 4.06. The molecule has 0 aromatic carbocycles. The van der Waals surface area contributed by atoms with Crippen LogP contribution in [0.15, 0.2) is 11.7 Å². The van der Waals surface area contributed by atoms with Gasteiger partial charge in [0.25, 0.3) is 0 Å². The fourth-order valence-corrected chi connectivity index (χ4v) is 2.02. The zero-order chi connectivity index (χ0) is 8.93. The molecule has 1 heterocycles. The minimum absolute atomic E-state index is 0.864. The van der Waals surface area contributed by atoms with E-state index in [0.717, 1.165) is 6.04 Å². The summed E-state index contributed by atoms with van der Waals surface area (Å²) in [4.78, 5) is 5.48. The van der Waals surface area contributed by atoms with Crippen LogP contribution in [0.25, 0.3) is 0 Å². The molecule has 2 rings (SSSR count). The van der Waals surface area contributed by atoms with E-state index >= 15 is 0 Å². The minimum atomic E-state index is 0.864. The maximum absolute atomic E-state index is 4.06. The first-order valence-electron chi connectivity index (χ1n) is 5.06. The molecule has 1 aromatic rings. The molecule has 1 aliphatic rings. The molecule has 0 aliphatic heterocycles.